The van der Waals surface area contributed by atoms with Crippen molar-refractivity contribution < 1.29 is 9.84 Å². The zero-order valence-electron chi connectivity index (χ0n) is 10.1. The SMILES string of the molecule is CCCCCC(O)c1cccc(OC)c1N. The van der Waals surface area contributed by atoms with Crippen molar-refractivity contribution in [1.82, 2.24) is 0 Å². The Bertz CT molecular complexity index is 326. The summed E-state index contributed by atoms with van der Waals surface area (Å²) in [5.74, 6) is 0.632. The molecule has 1 atom stereocenters. The third-order valence-electron chi connectivity index (χ3n) is 2.76. The molecule has 1 aromatic carbocycles. The molecule has 1 unspecified atom stereocenters. The number of aliphatic hydroxyl groups is 1. The topological polar surface area (TPSA) is 55.5 Å². The molecule has 0 spiro atoms. The molecular formula is C13H21NO2. The Hall–Kier alpha value is -1.22. The second-order valence-electron chi connectivity index (χ2n) is 3.97. The number of hydrogen-bond donors (Lipinski definition) is 2. The number of unbranched alkanes of at least 4 members (excludes halogenated alkanes) is 2. The molecule has 0 fully saturated rings. The molecule has 0 bridgehead atoms. The normalized spacial score (nSPS) is 12.4. The van der Waals surface area contributed by atoms with E-state index >= 15 is 0 Å². The highest BCUT2D eigenvalue weighted by molar-refractivity contribution is 5.59. The van der Waals surface area contributed by atoms with Gasteiger partial charge in [-0.15, -0.1) is 0 Å². The number of para-hydroxylation sites is 1. The maximum atomic E-state index is 10.0. The molecule has 0 saturated carbocycles. The number of methoxy groups -OCH3 is 1. The fourth-order valence-corrected chi connectivity index (χ4v) is 1.77. The van der Waals surface area contributed by atoms with Crippen molar-refractivity contribution in [3.8, 4) is 5.75 Å². The van der Waals surface area contributed by atoms with Gasteiger partial charge in [-0.1, -0.05) is 38.3 Å². The van der Waals surface area contributed by atoms with Crippen molar-refractivity contribution >= 4 is 5.69 Å². The summed E-state index contributed by atoms with van der Waals surface area (Å²) in [6.45, 7) is 2.15. The molecule has 3 nitrogen and oxygen atoms in total. The minimum absolute atomic E-state index is 0.485. The summed E-state index contributed by atoms with van der Waals surface area (Å²) in [7, 11) is 1.58. The summed E-state index contributed by atoms with van der Waals surface area (Å²) in [6.07, 6.45) is 3.59. The van der Waals surface area contributed by atoms with Crippen LogP contribution < -0.4 is 10.5 Å². The molecule has 16 heavy (non-hydrogen) atoms. The van der Waals surface area contributed by atoms with Crippen molar-refractivity contribution in [2.75, 3.05) is 12.8 Å². The predicted molar refractivity (Wildman–Crippen MR) is 66.5 cm³/mol. The van der Waals surface area contributed by atoms with Crippen LogP contribution in [0.15, 0.2) is 18.2 Å². The first-order valence-corrected chi connectivity index (χ1v) is 5.81. The standard InChI is InChI=1S/C13H21NO2/c1-3-4-5-8-11(15)10-7-6-9-12(16-2)13(10)14/h6-7,9,11,15H,3-5,8,14H2,1-2H3. The van der Waals surface area contributed by atoms with Gasteiger partial charge in [0.1, 0.15) is 5.75 Å². The molecule has 0 radical (unpaired) electrons. The van der Waals surface area contributed by atoms with Crippen LogP contribution in [-0.4, -0.2) is 12.2 Å². The summed E-state index contributed by atoms with van der Waals surface area (Å²) in [6, 6.07) is 5.51. The average molecular weight is 223 g/mol. The van der Waals surface area contributed by atoms with E-state index in [1.165, 1.54) is 0 Å². The molecule has 3 heteroatoms. The molecular weight excluding hydrogens is 202 g/mol. The van der Waals surface area contributed by atoms with Gasteiger partial charge in [-0.25, -0.2) is 0 Å². The Kier molecular flexibility index (Phi) is 5.12. The van der Waals surface area contributed by atoms with E-state index in [1.807, 2.05) is 12.1 Å². The Balaban J connectivity index is 2.71. The highest BCUT2D eigenvalue weighted by Gasteiger charge is 2.13. The number of hydrogen-bond acceptors (Lipinski definition) is 3. The first-order chi connectivity index (χ1) is 7.70. The van der Waals surface area contributed by atoms with E-state index in [4.69, 9.17) is 10.5 Å². The van der Waals surface area contributed by atoms with Gasteiger partial charge in [0.15, 0.2) is 0 Å². The number of benzene rings is 1. The fraction of sp³-hybridized carbons (Fsp3) is 0.538. The van der Waals surface area contributed by atoms with Crippen LogP contribution in [0.25, 0.3) is 0 Å². The van der Waals surface area contributed by atoms with Gasteiger partial charge in [0, 0.05) is 5.56 Å². The monoisotopic (exact) mass is 223 g/mol. The third-order valence-corrected chi connectivity index (χ3v) is 2.76. The van der Waals surface area contributed by atoms with Crippen molar-refractivity contribution in [3.63, 3.8) is 0 Å². The van der Waals surface area contributed by atoms with Crippen LogP contribution >= 0.6 is 0 Å². The van der Waals surface area contributed by atoms with E-state index in [0.717, 1.165) is 31.2 Å². The van der Waals surface area contributed by atoms with Gasteiger partial charge in [-0.2, -0.15) is 0 Å². The molecule has 0 amide bonds. The lowest BCUT2D eigenvalue weighted by atomic mass is 10.0. The summed E-state index contributed by atoms with van der Waals surface area (Å²) in [5.41, 5.74) is 7.24. The summed E-state index contributed by atoms with van der Waals surface area (Å²) < 4.78 is 5.13. The second kappa shape index (κ2) is 6.38. The fourth-order valence-electron chi connectivity index (χ4n) is 1.77. The van der Waals surface area contributed by atoms with Crippen molar-refractivity contribution in [2.24, 2.45) is 0 Å². The van der Waals surface area contributed by atoms with E-state index in [0.29, 0.717) is 11.4 Å². The number of rotatable bonds is 6. The lowest BCUT2D eigenvalue weighted by Gasteiger charge is -2.15. The minimum atomic E-state index is -0.485. The van der Waals surface area contributed by atoms with E-state index < -0.39 is 6.10 Å². The van der Waals surface area contributed by atoms with Gasteiger partial charge in [-0.05, 0) is 12.5 Å². The lowest BCUT2D eigenvalue weighted by molar-refractivity contribution is 0.164. The first kappa shape index (κ1) is 12.8. The quantitative estimate of drug-likeness (QED) is 0.576. The Labute approximate surface area is 97.2 Å². The highest BCUT2D eigenvalue weighted by Crippen LogP contribution is 2.31. The Morgan fingerprint density at radius 1 is 1.38 bits per heavy atom. The largest absolute Gasteiger partial charge is 0.495 e. The van der Waals surface area contributed by atoms with Crippen LogP contribution in [0.4, 0.5) is 5.69 Å². The van der Waals surface area contributed by atoms with E-state index in [2.05, 4.69) is 6.92 Å². The van der Waals surface area contributed by atoms with Crippen LogP contribution in [0.1, 0.15) is 44.3 Å². The van der Waals surface area contributed by atoms with E-state index in [1.54, 1.807) is 13.2 Å². The van der Waals surface area contributed by atoms with Crippen molar-refractivity contribution in [2.45, 2.75) is 38.7 Å². The molecule has 0 saturated heterocycles. The van der Waals surface area contributed by atoms with Crippen molar-refractivity contribution in [1.29, 1.82) is 0 Å². The summed E-state index contributed by atoms with van der Waals surface area (Å²) >= 11 is 0. The van der Waals surface area contributed by atoms with E-state index in [9.17, 15) is 5.11 Å². The number of aliphatic hydroxyl groups excluding tert-OH is 1. The molecule has 0 aromatic heterocycles. The predicted octanol–water partition coefficient (Wildman–Crippen LogP) is 2.89. The van der Waals surface area contributed by atoms with Gasteiger partial charge >= 0.3 is 0 Å². The minimum Gasteiger partial charge on any atom is -0.495 e. The molecule has 1 rings (SSSR count). The maximum Gasteiger partial charge on any atom is 0.142 e. The molecule has 90 valence electrons. The average Bonchev–Trinajstić information content (AvgIpc) is 2.29. The number of anilines is 1. The van der Waals surface area contributed by atoms with Crippen LogP contribution in [0.5, 0.6) is 5.75 Å². The Morgan fingerprint density at radius 3 is 2.75 bits per heavy atom. The lowest BCUT2D eigenvalue weighted by Crippen LogP contribution is -2.04. The van der Waals surface area contributed by atoms with Crippen LogP contribution in [0.2, 0.25) is 0 Å². The summed E-state index contributed by atoms with van der Waals surface area (Å²) in [5, 5.41) is 10.0. The maximum absolute atomic E-state index is 10.0. The number of nitrogens with two attached hydrogens (primary N) is 1. The molecule has 0 aliphatic rings. The molecule has 0 heterocycles. The van der Waals surface area contributed by atoms with Gasteiger partial charge in [0.2, 0.25) is 0 Å². The van der Waals surface area contributed by atoms with Crippen LogP contribution in [0.3, 0.4) is 0 Å². The smallest absolute Gasteiger partial charge is 0.142 e. The van der Waals surface area contributed by atoms with Gasteiger partial charge in [-0.3, -0.25) is 0 Å². The van der Waals surface area contributed by atoms with Crippen LogP contribution in [-0.2, 0) is 0 Å². The molecule has 0 aliphatic carbocycles. The second-order valence-corrected chi connectivity index (χ2v) is 3.97. The third kappa shape index (κ3) is 3.14. The highest BCUT2D eigenvalue weighted by atomic mass is 16.5. The first-order valence-electron chi connectivity index (χ1n) is 5.81. The number of ether oxygens (including phenoxy) is 1. The zero-order valence-corrected chi connectivity index (χ0v) is 10.1. The molecule has 0 aliphatic heterocycles. The van der Waals surface area contributed by atoms with Gasteiger partial charge < -0.3 is 15.6 Å². The Morgan fingerprint density at radius 2 is 2.12 bits per heavy atom. The molecule has 3 N–H and O–H groups in total. The number of nitrogen functional groups attached to an aromatic ring is 1. The van der Waals surface area contributed by atoms with Crippen LogP contribution in [0, 0.1) is 0 Å². The summed E-state index contributed by atoms with van der Waals surface area (Å²) in [4.78, 5) is 0. The van der Waals surface area contributed by atoms with E-state index in [-0.39, 0.29) is 0 Å². The zero-order chi connectivity index (χ0) is 12.0. The van der Waals surface area contributed by atoms with Gasteiger partial charge in [0.05, 0.1) is 18.9 Å². The van der Waals surface area contributed by atoms with Gasteiger partial charge in [0.25, 0.3) is 0 Å². The van der Waals surface area contributed by atoms with Crippen molar-refractivity contribution in [3.05, 3.63) is 23.8 Å². The molecule has 1 aromatic rings.